The van der Waals surface area contributed by atoms with Crippen molar-refractivity contribution < 1.29 is 14.7 Å². The summed E-state index contributed by atoms with van der Waals surface area (Å²) in [5.41, 5.74) is 1.43. The molecule has 1 aromatic rings. The molecule has 21 heavy (non-hydrogen) atoms. The van der Waals surface area contributed by atoms with Crippen LogP contribution in [0, 0.1) is 12.3 Å². The van der Waals surface area contributed by atoms with E-state index >= 15 is 0 Å². The third-order valence-electron chi connectivity index (χ3n) is 3.72. The lowest BCUT2D eigenvalue weighted by Crippen LogP contribution is -2.45. The van der Waals surface area contributed by atoms with E-state index in [0.29, 0.717) is 13.0 Å². The summed E-state index contributed by atoms with van der Waals surface area (Å²) in [7, 11) is 0. The second-order valence-electron chi connectivity index (χ2n) is 5.57. The minimum Gasteiger partial charge on any atom is -0.481 e. The van der Waals surface area contributed by atoms with Gasteiger partial charge in [-0.3, -0.25) is 4.79 Å². The molecule has 0 saturated carbocycles. The summed E-state index contributed by atoms with van der Waals surface area (Å²) >= 11 is 0. The van der Waals surface area contributed by atoms with Gasteiger partial charge in [0, 0.05) is 13.1 Å². The Morgan fingerprint density at radius 2 is 2.00 bits per heavy atom. The fraction of sp³-hybridized carbons (Fsp3) is 0.500. The van der Waals surface area contributed by atoms with Crippen LogP contribution in [0.2, 0.25) is 0 Å². The van der Waals surface area contributed by atoms with E-state index in [0.717, 1.165) is 6.42 Å². The molecule has 0 aliphatic heterocycles. The Bertz CT molecular complexity index is 502. The van der Waals surface area contributed by atoms with Crippen molar-refractivity contribution in [3.63, 3.8) is 0 Å². The van der Waals surface area contributed by atoms with E-state index in [-0.39, 0.29) is 12.6 Å². The third-order valence-corrected chi connectivity index (χ3v) is 3.72. The lowest BCUT2D eigenvalue weighted by Gasteiger charge is -2.23. The monoisotopic (exact) mass is 292 g/mol. The van der Waals surface area contributed by atoms with Crippen LogP contribution in [0.15, 0.2) is 24.3 Å². The SMILES string of the molecule is CCC(C)(CNC(=O)NCCc1cccc(C)c1)C(=O)O. The predicted octanol–water partition coefficient (Wildman–Crippen LogP) is 2.34. The maximum Gasteiger partial charge on any atom is 0.314 e. The van der Waals surface area contributed by atoms with Crippen LogP contribution in [0.1, 0.15) is 31.4 Å². The Morgan fingerprint density at radius 3 is 2.57 bits per heavy atom. The highest BCUT2D eigenvalue weighted by molar-refractivity contribution is 5.77. The van der Waals surface area contributed by atoms with Crippen molar-refractivity contribution in [2.24, 2.45) is 5.41 Å². The van der Waals surface area contributed by atoms with E-state index < -0.39 is 11.4 Å². The van der Waals surface area contributed by atoms with Crippen LogP contribution in [0.25, 0.3) is 0 Å². The first-order chi connectivity index (χ1) is 9.87. The summed E-state index contributed by atoms with van der Waals surface area (Å²) < 4.78 is 0. The molecule has 3 N–H and O–H groups in total. The molecule has 1 rings (SSSR count). The second-order valence-corrected chi connectivity index (χ2v) is 5.57. The molecule has 116 valence electrons. The van der Waals surface area contributed by atoms with Crippen LogP contribution in [0.5, 0.6) is 0 Å². The van der Waals surface area contributed by atoms with Crippen molar-refractivity contribution >= 4 is 12.0 Å². The molecule has 0 aromatic heterocycles. The Morgan fingerprint density at radius 1 is 1.29 bits per heavy atom. The molecule has 1 unspecified atom stereocenters. The number of carboxylic acid groups (broad SMARTS) is 1. The number of amides is 2. The summed E-state index contributed by atoms with van der Waals surface area (Å²) in [5, 5.41) is 14.5. The fourth-order valence-electron chi connectivity index (χ4n) is 1.88. The van der Waals surface area contributed by atoms with Gasteiger partial charge < -0.3 is 15.7 Å². The van der Waals surface area contributed by atoms with E-state index in [9.17, 15) is 9.59 Å². The standard InChI is InChI=1S/C16H24N2O3/c1-4-16(3,14(19)20)11-18-15(21)17-9-8-13-7-5-6-12(2)10-13/h5-7,10H,4,8-9,11H2,1-3H3,(H,19,20)(H2,17,18,21). The van der Waals surface area contributed by atoms with Crippen molar-refractivity contribution in [2.45, 2.75) is 33.6 Å². The quantitative estimate of drug-likeness (QED) is 0.721. The van der Waals surface area contributed by atoms with Gasteiger partial charge in [-0.25, -0.2) is 4.79 Å². The van der Waals surface area contributed by atoms with Crippen LogP contribution in [-0.2, 0) is 11.2 Å². The number of rotatable bonds is 7. The number of hydrogen-bond acceptors (Lipinski definition) is 2. The first-order valence-electron chi connectivity index (χ1n) is 7.18. The number of nitrogens with one attached hydrogen (secondary N) is 2. The van der Waals surface area contributed by atoms with E-state index in [2.05, 4.69) is 16.7 Å². The van der Waals surface area contributed by atoms with Crippen LogP contribution < -0.4 is 10.6 Å². The first kappa shape index (κ1) is 17.0. The highest BCUT2D eigenvalue weighted by Crippen LogP contribution is 2.19. The Kier molecular flexibility index (Phi) is 6.21. The largest absolute Gasteiger partial charge is 0.481 e. The molecule has 1 aromatic carbocycles. The van der Waals surface area contributed by atoms with Gasteiger partial charge in [0.15, 0.2) is 0 Å². The lowest BCUT2D eigenvalue weighted by atomic mass is 9.88. The molecule has 0 aliphatic rings. The number of carboxylic acids is 1. The van der Waals surface area contributed by atoms with E-state index in [1.54, 1.807) is 13.8 Å². The molecule has 0 spiro atoms. The third kappa shape index (κ3) is 5.45. The minimum atomic E-state index is -0.923. The van der Waals surface area contributed by atoms with Crippen molar-refractivity contribution in [3.05, 3.63) is 35.4 Å². The molecule has 0 heterocycles. The van der Waals surface area contributed by atoms with Gasteiger partial charge in [0.1, 0.15) is 0 Å². The van der Waals surface area contributed by atoms with Crippen LogP contribution >= 0.6 is 0 Å². The molecule has 0 bridgehead atoms. The van der Waals surface area contributed by atoms with Gasteiger partial charge in [-0.15, -0.1) is 0 Å². The van der Waals surface area contributed by atoms with E-state index in [4.69, 9.17) is 5.11 Å². The predicted molar refractivity (Wildman–Crippen MR) is 82.3 cm³/mol. The van der Waals surface area contributed by atoms with Gasteiger partial charge in [-0.05, 0) is 32.3 Å². The van der Waals surface area contributed by atoms with Gasteiger partial charge in [0.25, 0.3) is 0 Å². The molecule has 0 saturated heterocycles. The number of carbonyl (C=O) groups excluding carboxylic acids is 1. The first-order valence-corrected chi connectivity index (χ1v) is 7.18. The Labute approximate surface area is 125 Å². The lowest BCUT2D eigenvalue weighted by molar-refractivity contribution is -0.147. The molecule has 0 aliphatic carbocycles. The zero-order valence-corrected chi connectivity index (χ0v) is 12.9. The fourth-order valence-corrected chi connectivity index (χ4v) is 1.88. The van der Waals surface area contributed by atoms with E-state index in [1.165, 1.54) is 11.1 Å². The average molecular weight is 292 g/mol. The highest BCUT2D eigenvalue weighted by atomic mass is 16.4. The molecule has 0 radical (unpaired) electrons. The van der Waals surface area contributed by atoms with Gasteiger partial charge in [-0.1, -0.05) is 36.8 Å². The normalized spacial score (nSPS) is 13.3. The van der Waals surface area contributed by atoms with Gasteiger partial charge in [-0.2, -0.15) is 0 Å². The molecule has 5 nitrogen and oxygen atoms in total. The summed E-state index contributed by atoms with van der Waals surface area (Å²) in [5.74, 6) is -0.898. The smallest absolute Gasteiger partial charge is 0.314 e. The molecular weight excluding hydrogens is 268 g/mol. The van der Waals surface area contributed by atoms with Crippen LogP contribution in [-0.4, -0.2) is 30.2 Å². The zero-order chi connectivity index (χ0) is 15.9. The molecule has 5 heteroatoms. The minimum absolute atomic E-state index is 0.120. The molecule has 1 atom stereocenters. The van der Waals surface area contributed by atoms with Crippen LogP contribution in [0.4, 0.5) is 4.79 Å². The summed E-state index contributed by atoms with van der Waals surface area (Å²) in [4.78, 5) is 22.8. The van der Waals surface area contributed by atoms with Crippen molar-refractivity contribution in [3.8, 4) is 0 Å². The van der Waals surface area contributed by atoms with Gasteiger partial charge >= 0.3 is 12.0 Å². The number of carbonyl (C=O) groups is 2. The highest BCUT2D eigenvalue weighted by Gasteiger charge is 2.31. The number of aryl methyl sites for hydroxylation is 1. The Hall–Kier alpha value is -2.04. The van der Waals surface area contributed by atoms with Crippen LogP contribution in [0.3, 0.4) is 0 Å². The molecular formula is C16H24N2O3. The maximum atomic E-state index is 11.7. The molecule has 0 fully saturated rings. The zero-order valence-electron chi connectivity index (χ0n) is 12.9. The van der Waals surface area contributed by atoms with Crippen molar-refractivity contribution in [1.82, 2.24) is 10.6 Å². The van der Waals surface area contributed by atoms with Gasteiger partial charge in [0.05, 0.1) is 5.41 Å². The maximum absolute atomic E-state index is 11.7. The average Bonchev–Trinajstić information content (AvgIpc) is 2.44. The number of urea groups is 1. The Balaban J connectivity index is 2.33. The summed E-state index contributed by atoms with van der Waals surface area (Å²) in [6.07, 6.45) is 1.21. The second kappa shape index (κ2) is 7.67. The topological polar surface area (TPSA) is 78.4 Å². The number of benzene rings is 1. The number of aliphatic carboxylic acids is 1. The summed E-state index contributed by atoms with van der Waals surface area (Å²) in [6.45, 7) is 6.09. The van der Waals surface area contributed by atoms with Crippen molar-refractivity contribution in [1.29, 1.82) is 0 Å². The van der Waals surface area contributed by atoms with Crippen molar-refractivity contribution in [2.75, 3.05) is 13.1 Å². The number of hydrogen-bond donors (Lipinski definition) is 3. The van der Waals surface area contributed by atoms with Gasteiger partial charge in [0.2, 0.25) is 0 Å². The molecule has 2 amide bonds. The summed E-state index contributed by atoms with van der Waals surface area (Å²) in [6, 6.07) is 7.79. The van der Waals surface area contributed by atoms with E-state index in [1.807, 2.05) is 25.1 Å².